The van der Waals surface area contributed by atoms with E-state index in [4.69, 9.17) is 5.73 Å². The van der Waals surface area contributed by atoms with Gasteiger partial charge in [0, 0.05) is 11.7 Å². The highest BCUT2D eigenvalue weighted by Gasteiger charge is 2.11. The van der Waals surface area contributed by atoms with E-state index in [1.165, 1.54) is 6.07 Å². The Labute approximate surface area is 121 Å². The first-order chi connectivity index (χ1) is 9.97. The molecule has 2 rings (SSSR count). The molecule has 3 nitrogen and oxygen atoms in total. The molecule has 0 saturated heterocycles. The third-order valence-electron chi connectivity index (χ3n) is 3.07. The van der Waals surface area contributed by atoms with Crippen LogP contribution in [0, 0.1) is 11.6 Å². The van der Waals surface area contributed by atoms with Crippen molar-refractivity contribution >= 4 is 11.6 Å². The summed E-state index contributed by atoms with van der Waals surface area (Å²) in [5, 5.41) is 2.74. The number of nitrogens with two attached hydrogens (primary N) is 1. The van der Waals surface area contributed by atoms with E-state index in [0.717, 1.165) is 17.7 Å². The first-order valence-electron chi connectivity index (χ1n) is 6.55. The van der Waals surface area contributed by atoms with E-state index in [9.17, 15) is 13.6 Å². The molecule has 0 aliphatic carbocycles. The number of para-hydroxylation sites is 1. The Hall–Kier alpha value is -2.27. The second-order valence-corrected chi connectivity index (χ2v) is 4.85. The molecule has 3 N–H and O–H groups in total. The van der Waals surface area contributed by atoms with E-state index in [2.05, 4.69) is 5.32 Å². The summed E-state index contributed by atoms with van der Waals surface area (Å²) in [6.07, 6.45) is -0.0372. The molecule has 0 saturated carbocycles. The van der Waals surface area contributed by atoms with Crippen LogP contribution in [0.5, 0.6) is 0 Å². The smallest absolute Gasteiger partial charge is 0.228 e. The number of amides is 1. The predicted molar refractivity (Wildman–Crippen MR) is 77.7 cm³/mol. The number of anilines is 1. The van der Waals surface area contributed by atoms with E-state index in [-0.39, 0.29) is 18.4 Å². The van der Waals surface area contributed by atoms with Gasteiger partial charge in [-0.05, 0) is 36.2 Å². The zero-order valence-corrected chi connectivity index (χ0v) is 11.6. The maximum absolute atomic E-state index is 13.1. The third-order valence-corrected chi connectivity index (χ3v) is 3.07. The van der Waals surface area contributed by atoms with Crippen LogP contribution < -0.4 is 11.1 Å². The van der Waals surface area contributed by atoms with Crippen LogP contribution in [0.4, 0.5) is 14.5 Å². The molecule has 1 atom stereocenters. The van der Waals surface area contributed by atoms with E-state index < -0.39 is 11.6 Å². The minimum atomic E-state index is -0.962. The first-order valence-corrected chi connectivity index (χ1v) is 6.55. The maximum Gasteiger partial charge on any atom is 0.228 e. The van der Waals surface area contributed by atoms with Gasteiger partial charge in [0.25, 0.3) is 0 Å². The van der Waals surface area contributed by atoms with Crippen LogP contribution >= 0.6 is 0 Å². The molecule has 0 aromatic heterocycles. The van der Waals surface area contributed by atoms with Crippen molar-refractivity contribution < 1.29 is 13.6 Å². The topological polar surface area (TPSA) is 55.1 Å². The summed E-state index contributed by atoms with van der Waals surface area (Å²) in [4.78, 5) is 12.0. The number of nitrogens with one attached hydrogen (secondary N) is 1. The second kappa shape index (κ2) is 6.45. The SMILES string of the molecule is CC(N)c1ccccc1NC(=O)Cc1ccc(F)c(F)c1. The van der Waals surface area contributed by atoms with Crippen LogP contribution in [0.25, 0.3) is 0 Å². The van der Waals surface area contributed by atoms with E-state index >= 15 is 0 Å². The Kier molecular flexibility index (Phi) is 4.65. The van der Waals surface area contributed by atoms with Gasteiger partial charge >= 0.3 is 0 Å². The molecule has 0 aliphatic rings. The van der Waals surface area contributed by atoms with Crippen LogP contribution in [0.3, 0.4) is 0 Å². The van der Waals surface area contributed by atoms with Crippen LogP contribution in [0.2, 0.25) is 0 Å². The van der Waals surface area contributed by atoms with E-state index in [0.29, 0.717) is 11.3 Å². The molecule has 2 aromatic carbocycles. The van der Waals surface area contributed by atoms with Crippen LogP contribution in [0.1, 0.15) is 24.1 Å². The Balaban J connectivity index is 2.10. The molecule has 0 radical (unpaired) electrons. The number of benzene rings is 2. The first kappa shape index (κ1) is 15.1. The predicted octanol–water partition coefficient (Wildman–Crippen LogP) is 3.17. The largest absolute Gasteiger partial charge is 0.325 e. The number of carbonyl (C=O) groups excluding carboxylic acids is 1. The Morgan fingerprint density at radius 3 is 2.57 bits per heavy atom. The highest BCUT2D eigenvalue weighted by Crippen LogP contribution is 2.21. The molecule has 0 bridgehead atoms. The van der Waals surface area contributed by atoms with Gasteiger partial charge in [0.05, 0.1) is 6.42 Å². The average molecular weight is 290 g/mol. The number of carbonyl (C=O) groups is 1. The lowest BCUT2D eigenvalue weighted by molar-refractivity contribution is -0.115. The van der Waals surface area contributed by atoms with Gasteiger partial charge in [-0.3, -0.25) is 4.79 Å². The van der Waals surface area contributed by atoms with Gasteiger partial charge in [0.15, 0.2) is 11.6 Å². The second-order valence-electron chi connectivity index (χ2n) is 4.85. The normalized spacial score (nSPS) is 12.0. The van der Waals surface area contributed by atoms with Crippen LogP contribution in [0.15, 0.2) is 42.5 Å². The maximum atomic E-state index is 13.1. The number of halogens is 2. The molecule has 21 heavy (non-hydrogen) atoms. The highest BCUT2D eigenvalue weighted by molar-refractivity contribution is 5.93. The van der Waals surface area contributed by atoms with E-state index in [1.54, 1.807) is 12.1 Å². The van der Waals surface area contributed by atoms with Crippen molar-refractivity contribution in [2.75, 3.05) is 5.32 Å². The van der Waals surface area contributed by atoms with Gasteiger partial charge in [-0.15, -0.1) is 0 Å². The standard InChI is InChI=1S/C16H16F2N2O/c1-10(19)12-4-2-3-5-15(12)20-16(21)9-11-6-7-13(17)14(18)8-11/h2-8,10H,9,19H2,1H3,(H,20,21). The fourth-order valence-electron chi connectivity index (χ4n) is 2.04. The van der Waals surface area contributed by atoms with Crippen molar-refractivity contribution in [2.24, 2.45) is 5.73 Å². The molecule has 2 aromatic rings. The third kappa shape index (κ3) is 3.86. The zero-order valence-electron chi connectivity index (χ0n) is 11.6. The quantitative estimate of drug-likeness (QED) is 0.908. The van der Waals surface area contributed by atoms with Gasteiger partial charge in [0.1, 0.15) is 0 Å². The lowest BCUT2D eigenvalue weighted by Crippen LogP contribution is -2.17. The Morgan fingerprint density at radius 2 is 1.90 bits per heavy atom. The molecule has 0 fully saturated rings. The summed E-state index contributed by atoms with van der Waals surface area (Å²) in [6, 6.07) is 10.4. The molecule has 5 heteroatoms. The monoisotopic (exact) mass is 290 g/mol. The lowest BCUT2D eigenvalue weighted by Gasteiger charge is -2.13. The van der Waals surface area contributed by atoms with Crippen molar-refractivity contribution in [1.82, 2.24) is 0 Å². The van der Waals surface area contributed by atoms with Crippen molar-refractivity contribution in [1.29, 1.82) is 0 Å². The average Bonchev–Trinajstić information content (AvgIpc) is 2.43. The van der Waals surface area contributed by atoms with Gasteiger partial charge in [-0.25, -0.2) is 8.78 Å². The molecule has 0 spiro atoms. The van der Waals surface area contributed by atoms with E-state index in [1.807, 2.05) is 19.1 Å². The molecular weight excluding hydrogens is 274 g/mol. The molecule has 110 valence electrons. The molecule has 1 unspecified atom stereocenters. The summed E-state index contributed by atoms with van der Waals surface area (Å²) in [5.74, 6) is -2.20. The number of rotatable bonds is 4. The summed E-state index contributed by atoms with van der Waals surface area (Å²) in [6.45, 7) is 1.82. The van der Waals surface area contributed by atoms with Crippen LogP contribution in [-0.2, 0) is 11.2 Å². The summed E-state index contributed by atoms with van der Waals surface area (Å²) < 4.78 is 25.9. The van der Waals surface area contributed by atoms with Gasteiger partial charge in [0.2, 0.25) is 5.91 Å². The van der Waals surface area contributed by atoms with Crippen LogP contribution in [-0.4, -0.2) is 5.91 Å². The highest BCUT2D eigenvalue weighted by atomic mass is 19.2. The Bertz CT molecular complexity index is 656. The molecular formula is C16H16F2N2O. The summed E-state index contributed by atoms with van der Waals surface area (Å²) in [7, 11) is 0. The number of hydrogen-bond acceptors (Lipinski definition) is 2. The lowest BCUT2D eigenvalue weighted by atomic mass is 10.1. The summed E-state index contributed by atoms with van der Waals surface area (Å²) >= 11 is 0. The minimum absolute atomic E-state index is 0.0372. The molecule has 1 amide bonds. The van der Waals surface area contributed by atoms with Crippen molar-refractivity contribution in [3.8, 4) is 0 Å². The minimum Gasteiger partial charge on any atom is -0.325 e. The van der Waals surface area contributed by atoms with Crippen molar-refractivity contribution in [3.63, 3.8) is 0 Å². The van der Waals surface area contributed by atoms with Crippen molar-refractivity contribution in [2.45, 2.75) is 19.4 Å². The van der Waals surface area contributed by atoms with Gasteiger partial charge in [-0.2, -0.15) is 0 Å². The molecule has 0 aliphatic heterocycles. The fourth-order valence-corrected chi connectivity index (χ4v) is 2.04. The number of hydrogen-bond donors (Lipinski definition) is 2. The fraction of sp³-hybridized carbons (Fsp3) is 0.188. The molecule has 0 heterocycles. The van der Waals surface area contributed by atoms with Gasteiger partial charge in [-0.1, -0.05) is 24.3 Å². The van der Waals surface area contributed by atoms with Gasteiger partial charge < -0.3 is 11.1 Å². The Morgan fingerprint density at radius 1 is 1.19 bits per heavy atom. The zero-order chi connectivity index (χ0) is 15.4. The van der Waals surface area contributed by atoms with Crippen molar-refractivity contribution in [3.05, 3.63) is 65.2 Å². The summed E-state index contributed by atoms with van der Waals surface area (Å²) in [5.41, 5.74) is 7.68.